The van der Waals surface area contributed by atoms with Gasteiger partial charge in [-0.15, -0.1) is 0 Å². The minimum atomic E-state index is -4.96. The fourth-order valence-electron chi connectivity index (χ4n) is 9.47. The van der Waals surface area contributed by atoms with Crippen LogP contribution in [-0.4, -0.2) is 66.1 Å². The van der Waals surface area contributed by atoms with Crippen molar-refractivity contribution in [2.75, 3.05) is 0 Å². The molecule has 0 fully saturated rings. The first-order chi connectivity index (χ1) is 40.0. The van der Waals surface area contributed by atoms with Gasteiger partial charge < -0.3 is 10.2 Å². The Hall–Kier alpha value is -8.70. The molecule has 0 aliphatic rings. The second-order valence-electron chi connectivity index (χ2n) is 25.2. The summed E-state index contributed by atoms with van der Waals surface area (Å²) in [7, 11) is -9.91. The molecule has 0 saturated carbocycles. The predicted octanol–water partition coefficient (Wildman–Crippen LogP) is 11.2. The van der Waals surface area contributed by atoms with E-state index in [-0.39, 0.29) is 79.8 Å². The highest BCUT2D eigenvalue weighted by Gasteiger charge is 2.28. The van der Waals surface area contributed by atoms with E-state index in [1.807, 2.05) is 182 Å². The molecule has 6 aromatic carbocycles. The van der Waals surface area contributed by atoms with Crippen LogP contribution in [0.25, 0.3) is 12.2 Å². The van der Waals surface area contributed by atoms with Crippen LogP contribution in [0.1, 0.15) is 154 Å². The van der Waals surface area contributed by atoms with Gasteiger partial charge in [-0.1, -0.05) is 168 Å². The van der Waals surface area contributed by atoms with E-state index >= 15 is 0 Å². The van der Waals surface area contributed by atoms with Crippen LogP contribution in [0.5, 0.6) is 11.5 Å². The molecular formula is C64H76N12O8S2. The van der Waals surface area contributed by atoms with Gasteiger partial charge in [0.15, 0.2) is 0 Å². The van der Waals surface area contributed by atoms with Crippen molar-refractivity contribution in [1.82, 2.24) is 29.9 Å². The third kappa shape index (κ3) is 15.8. The summed E-state index contributed by atoms with van der Waals surface area (Å²) in [5, 5.41) is 22.9. The van der Waals surface area contributed by atoms with E-state index in [2.05, 4.69) is 39.9 Å². The van der Waals surface area contributed by atoms with Gasteiger partial charge in [-0.2, -0.15) is 16.8 Å². The number of rotatable bonds is 12. The number of hydrogen-bond acceptors (Lipinski definition) is 12. The van der Waals surface area contributed by atoms with Gasteiger partial charge in [0.05, 0.1) is 34.8 Å². The Morgan fingerprint density at radius 1 is 0.384 bits per heavy atom. The van der Waals surface area contributed by atoms with Gasteiger partial charge in [-0.3, -0.25) is 39.0 Å². The molecule has 0 bridgehead atoms. The first-order valence-corrected chi connectivity index (χ1v) is 30.8. The van der Waals surface area contributed by atoms with Gasteiger partial charge in [-0.05, 0) is 106 Å². The molecule has 0 aliphatic carbocycles. The molecule has 20 nitrogen and oxygen atoms in total. The zero-order chi connectivity index (χ0) is 62.9. The van der Waals surface area contributed by atoms with Gasteiger partial charge in [0.25, 0.3) is 20.2 Å². The van der Waals surface area contributed by atoms with E-state index in [0.29, 0.717) is 33.6 Å². The number of aromatic amines is 6. The van der Waals surface area contributed by atoms with E-state index in [4.69, 9.17) is 20.0 Å². The first kappa shape index (κ1) is 63.3. The minimum Gasteiger partial charge on any atom is -0.507 e. The SMILES string of the molecule is CC(N=c1[nH]c(=Nc2cc(C(C)(C)C)c(O)c(C(C)(C)C)c2)[nH]c(=Nc2ccc(/C=C/c3ccc(N=c4[nH]c(=Nc5cc(C(C)(C)C)c(O)c(C(C)(C)C)c5)[nH]c(=NC(C)c5ccccc5)[nH]4)cc3S(=O)(=O)O)c(S(=O)(=O)O)c2)[nH]1)c1ccccc1. The Morgan fingerprint density at radius 2 is 0.651 bits per heavy atom. The second-order valence-corrected chi connectivity index (χ2v) is 28.0. The van der Waals surface area contributed by atoms with Gasteiger partial charge in [0.2, 0.25) is 33.7 Å². The predicted molar refractivity (Wildman–Crippen MR) is 333 cm³/mol. The number of aromatic nitrogens is 6. The number of H-pyrrole nitrogens is 6. The lowest BCUT2D eigenvalue weighted by Gasteiger charge is -2.27. The molecule has 8 aromatic rings. The quantitative estimate of drug-likeness (QED) is 0.0413. The van der Waals surface area contributed by atoms with Crippen molar-refractivity contribution in [2.24, 2.45) is 30.0 Å². The highest BCUT2D eigenvalue weighted by Crippen LogP contribution is 2.43. The van der Waals surface area contributed by atoms with Crippen LogP contribution in [0.3, 0.4) is 0 Å². The van der Waals surface area contributed by atoms with Crippen LogP contribution < -0.4 is 33.7 Å². The Kier molecular flexibility index (Phi) is 17.9. The number of nitrogens with one attached hydrogen (secondary N) is 6. The summed E-state index contributed by atoms with van der Waals surface area (Å²) in [6.07, 6.45) is 2.56. The van der Waals surface area contributed by atoms with Crippen LogP contribution in [0, 0.1) is 0 Å². The van der Waals surface area contributed by atoms with E-state index in [9.17, 15) is 36.2 Å². The molecule has 8 rings (SSSR count). The van der Waals surface area contributed by atoms with Gasteiger partial charge in [0.1, 0.15) is 21.3 Å². The Morgan fingerprint density at radius 3 is 0.919 bits per heavy atom. The summed E-state index contributed by atoms with van der Waals surface area (Å²) < 4.78 is 73.8. The maximum Gasteiger partial charge on any atom is 0.295 e. The van der Waals surface area contributed by atoms with Crippen LogP contribution in [-0.2, 0) is 41.9 Å². The molecule has 0 spiro atoms. The monoisotopic (exact) mass is 1200 g/mol. The summed E-state index contributed by atoms with van der Waals surface area (Å²) >= 11 is 0. The maximum atomic E-state index is 13.1. The van der Waals surface area contributed by atoms with E-state index < -0.39 is 51.7 Å². The van der Waals surface area contributed by atoms with Gasteiger partial charge >= 0.3 is 0 Å². The molecule has 2 aromatic heterocycles. The number of phenols is 2. The van der Waals surface area contributed by atoms with Crippen molar-refractivity contribution in [3.05, 3.63) is 200 Å². The topological polar surface area (TPSA) is 318 Å². The fourth-order valence-corrected chi connectivity index (χ4v) is 10.9. The number of phenolic OH excluding ortho intramolecular Hbond substituents is 2. The molecule has 10 N–H and O–H groups in total. The van der Waals surface area contributed by atoms with Crippen molar-refractivity contribution in [1.29, 1.82) is 0 Å². The van der Waals surface area contributed by atoms with Gasteiger partial charge in [-0.25, -0.2) is 30.0 Å². The minimum absolute atomic E-state index is 0.0459. The zero-order valence-electron chi connectivity index (χ0n) is 50.8. The van der Waals surface area contributed by atoms with Crippen molar-refractivity contribution in [3.63, 3.8) is 0 Å². The number of benzene rings is 6. The van der Waals surface area contributed by atoms with Crippen LogP contribution >= 0.6 is 0 Å². The number of hydrogen-bond donors (Lipinski definition) is 10. The van der Waals surface area contributed by atoms with Crippen LogP contribution in [0.15, 0.2) is 161 Å². The number of aromatic hydroxyl groups is 2. The highest BCUT2D eigenvalue weighted by atomic mass is 32.2. The fraction of sp³-hybridized carbons (Fsp3) is 0.312. The van der Waals surface area contributed by atoms with E-state index in [1.54, 1.807) is 0 Å². The number of nitrogens with zero attached hydrogens (tertiary/aromatic N) is 6. The lowest BCUT2D eigenvalue weighted by Crippen LogP contribution is -2.37. The van der Waals surface area contributed by atoms with E-state index in [0.717, 1.165) is 23.3 Å². The summed E-state index contributed by atoms with van der Waals surface area (Å²) in [5.41, 5.74) is 5.08. The highest BCUT2D eigenvalue weighted by molar-refractivity contribution is 7.86. The molecule has 2 atom stereocenters. The average Bonchev–Trinajstić information content (AvgIpc) is 1.23. The van der Waals surface area contributed by atoms with Crippen molar-refractivity contribution in [2.45, 2.75) is 140 Å². The molecule has 452 valence electrons. The Labute approximate surface area is 500 Å². The lowest BCUT2D eigenvalue weighted by molar-refractivity contribution is 0.422. The first-order valence-electron chi connectivity index (χ1n) is 27.9. The Bertz CT molecular complexity index is 4220. The molecule has 0 radical (unpaired) electrons. The molecule has 2 unspecified atom stereocenters. The largest absolute Gasteiger partial charge is 0.507 e. The maximum absolute atomic E-state index is 13.1. The zero-order valence-corrected chi connectivity index (χ0v) is 52.4. The van der Waals surface area contributed by atoms with Crippen LogP contribution in [0.4, 0.5) is 22.7 Å². The molecule has 2 heterocycles. The lowest BCUT2D eigenvalue weighted by atomic mass is 9.79. The average molecular weight is 1210 g/mol. The summed E-state index contributed by atoms with van der Waals surface area (Å²) in [6, 6.07) is 33.8. The van der Waals surface area contributed by atoms with Crippen molar-refractivity contribution in [3.8, 4) is 11.5 Å². The molecule has 0 aliphatic heterocycles. The summed E-state index contributed by atoms with van der Waals surface area (Å²) in [4.78, 5) is 46.7. The van der Waals surface area contributed by atoms with Crippen molar-refractivity contribution < 1.29 is 36.2 Å². The Balaban J connectivity index is 1.23. The smallest absolute Gasteiger partial charge is 0.295 e. The third-order valence-electron chi connectivity index (χ3n) is 14.0. The molecular weight excluding hydrogens is 1130 g/mol. The summed E-state index contributed by atoms with van der Waals surface area (Å²) in [6.45, 7) is 27.9. The second kappa shape index (κ2) is 24.3. The normalized spacial score (nSPS) is 15.1. The molecule has 0 saturated heterocycles. The molecule has 86 heavy (non-hydrogen) atoms. The van der Waals surface area contributed by atoms with Gasteiger partial charge in [0, 0.05) is 22.3 Å². The molecule has 0 amide bonds. The van der Waals surface area contributed by atoms with Crippen molar-refractivity contribution >= 4 is 55.1 Å². The van der Waals surface area contributed by atoms with E-state index in [1.165, 1.54) is 36.4 Å². The summed E-state index contributed by atoms with van der Waals surface area (Å²) in [5.74, 6) is 0.377. The standard InChI is InChI=1S/C64H76N12O8S2/c1-37(39-21-17-15-18-22-39)65-55-71-57(75-59(73-55)69-45-31-47(61(3,4)5)53(77)48(32-45)62(6,7)8)67-43-29-27-41(51(35-43)85(79,80)81)25-26-42-28-30-44(36-52(42)86(82,83)84)68-58-72-56(66-38(2)40-23-19-16-20-24-40)74-60(76-58)70-46-33-49(63(9,10)11)54(78)50(34-46)64(12,13)14/h15-38,77-78H,1-14H3,(H,79,80,81)(H,82,83,84)(H3,65,67,69,71,73,75)(H3,66,68,70,72,74,76)/b26-25+. The van der Waals surface area contributed by atoms with Crippen LogP contribution in [0.2, 0.25) is 0 Å². The molecule has 22 heteroatoms. The third-order valence-corrected chi connectivity index (χ3v) is 15.8.